The van der Waals surface area contributed by atoms with E-state index in [4.69, 9.17) is 4.74 Å². The second kappa shape index (κ2) is 9.36. The van der Waals surface area contributed by atoms with Crippen LogP contribution in [0.15, 0.2) is 48.5 Å². The number of sulfonamides is 1. The van der Waals surface area contributed by atoms with Crippen molar-refractivity contribution in [2.24, 2.45) is 0 Å². The number of nitrogens with one attached hydrogen (secondary N) is 1. The van der Waals surface area contributed by atoms with Gasteiger partial charge in [0.2, 0.25) is 15.9 Å². The number of hydrogen-bond donors (Lipinski definition) is 1. The average molecular weight is 394 g/mol. The topological polar surface area (TPSA) is 75.7 Å². The highest BCUT2D eigenvalue weighted by Crippen LogP contribution is 2.21. The second-order valence-electron chi connectivity index (χ2n) is 5.95. The number of hydrogen-bond acceptors (Lipinski definition) is 4. The van der Waals surface area contributed by atoms with Crippen LogP contribution in [0.1, 0.15) is 12.0 Å². The summed E-state index contributed by atoms with van der Waals surface area (Å²) in [7, 11) is -2.13. The number of nitrogens with zero attached hydrogens (tertiary/aromatic N) is 1. The third kappa shape index (κ3) is 5.96. The number of amides is 1. The average Bonchev–Trinajstić information content (AvgIpc) is 2.62. The normalized spacial score (nSPS) is 11.1. The van der Waals surface area contributed by atoms with Gasteiger partial charge in [-0.25, -0.2) is 12.8 Å². The first-order chi connectivity index (χ1) is 12.8. The van der Waals surface area contributed by atoms with E-state index < -0.39 is 15.8 Å². The van der Waals surface area contributed by atoms with E-state index in [0.29, 0.717) is 13.0 Å². The Bertz CT molecular complexity index is 887. The van der Waals surface area contributed by atoms with Gasteiger partial charge >= 0.3 is 0 Å². The molecule has 0 aliphatic rings. The summed E-state index contributed by atoms with van der Waals surface area (Å²) in [5, 5.41) is 2.75. The van der Waals surface area contributed by atoms with E-state index in [0.717, 1.165) is 21.9 Å². The third-order valence-electron chi connectivity index (χ3n) is 3.97. The Morgan fingerprint density at radius 1 is 1.15 bits per heavy atom. The van der Waals surface area contributed by atoms with Crippen molar-refractivity contribution in [1.82, 2.24) is 5.32 Å². The Morgan fingerprint density at radius 2 is 1.81 bits per heavy atom. The number of ether oxygens (including phenoxy) is 1. The van der Waals surface area contributed by atoms with Crippen LogP contribution in [0, 0.1) is 5.82 Å². The van der Waals surface area contributed by atoms with E-state index in [9.17, 15) is 17.6 Å². The van der Waals surface area contributed by atoms with Crippen LogP contribution in [0.2, 0.25) is 0 Å². The predicted molar refractivity (Wildman–Crippen MR) is 103 cm³/mol. The Balaban J connectivity index is 1.92. The predicted octanol–water partition coefficient (Wildman–Crippen LogP) is 2.35. The molecule has 1 N–H and O–H groups in total. The van der Waals surface area contributed by atoms with Crippen molar-refractivity contribution in [2.45, 2.75) is 12.8 Å². The molecule has 8 heteroatoms. The van der Waals surface area contributed by atoms with Crippen molar-refractivity contribution in [1.29, 1.82) is 0 Å². The van der Waals surface area contributed by atoms with Gasteiger partial charge in [0.05, 0.1) is 19.1 Å². The lowest BCUT2D eigenvalue weighted by Crippen LogP contribution is -2.35. The largest absolute Gasteiger partial charge is 0.496 e. The second-order valence-corrected chi connectivity index (χ2v) is 7.86. The summed E-state index contributed by atoms with van der Waals surface area (Å²) in [6.07, 6.45) is 1.49. The molecular formula is C19H23FN2O4S. The minimum absolute atomic E-state index is 0.0678. The number of rotatable bonds is 9. The number of halogens is 1. The first-order valence-electron chi connectivity index (χ1n) is 8.43. The zero-order valence-corrected chi connectivity index (χ0v) is 16.1. The van der Waals surface area contributed by atoms with Gasteiger partial charge in [-0.3, -0.25) is 9.10 Å². The van der Waals surface area contributed by atoms with E-state index in [-0.39, 0.29) is 24.6 Å². The standard InChI is InChI=1S/C19H23FN2O4S/c1-26-18-10-6-3-7-15(18)11-13-21-19(23)12-14-22(27(2,24)25)17-9-5-4-8-16(17)20/h3-10H,11-14H2,1-2H3,(H,21,23). The van der Waals surface area contributed by atoms with Gasteiger partial charge in [0.1, 0.15) is 11.6 Å². The highest BCUT2D eigenvalue weighted by Gasteiger charge is 2.21. The van der Waals surface area contributed by atoms with Crippen LogP contribution in [0.4, 0.5) is 10.1 Å². The minimum Gasteiger partial charge on any atom is -0.496 e. The molecule has 0 unspecified atom stereocenters. The van der Waals surface area contributed by atoms with Gasteiger partial charge in [0.15, 0.2) is 0 Å². The van der Waals surface area contributed by atoms with Crippen LogP contribution >= 0.6 is 0 Å². The molecule has 0 atom stereocenters. The van der Waals surface area contributed by atoms with Crippen LogP contribution in [-0.2, 0) is 21.2 Å². The molecule has 0 heterocycles. The number of benzene rings is 2. The highest BCUT2D eigenvalue weighted by atomic mass is 32.2. The highest BCUT2D eigenvalue weighted by molar-refractivity contribution is 7.92. The van der Waals surface area contributed by atoms with Crippen molar-refractivity contribution in [3.05, 3.63) is 59.9 Å². The molecule has 0 saturated heterocycles. The molecule has 1 amide bonds. The van der Waals surface area contributed by atoms with Crippen molar-refractivity contribution in [2.75, 3.05) is 30.8 Å². The van der Waals surface area contributed by atoms with Crippen molar-refractivity contribution >= 4 is 21.6 Å². The Morgan fingerprint density at radius 3 is 2.48 bits per heavy atom. The van der Waals surface area contributed by atoms with Crippen molar-refractivity contribution in [3.63, 3.8) is 0 Å². The van der Waals surface area contributed by atoms with Crippen molar-refractivity contribution < 1.29 is 22.3 Å². The molecule has 0 fully saturated rings. The van der Waals surface area contributed by atoms with E-state index >= 15 is 0 Å². The summed E-state index contributed by atoms with van der Waals surface area (Å²) in [6.45, 7) is 0.248. The quantitative estimate of drug-likeness (QED) is 0.708. The molecule has 2 rings (SSSR count). The molecule has 146 valence electrons. The first kappa shape index (κ1) is 20.7. The Labute approximate surface area is 159 Å². The molecule has 0 saturated carbocycles. The van der Waals surface area contributed by atoms with E-state index in [1.807, 2.05) is 24.3 Å². The summed E-state index contributed by atoms with van der Waals surface area (Å²) in [6, 6.07) is 13.1. The van der Waals surface area contributed by atoms with Crippen LogP contribution in [0.25, 0.3) is 0 Å². The molecule has 0 radical (unpaired) electrons. The molecule has 0 aromatic heterocycles. The minimum atomic E-state index is -3.71. The van der Waals surface area contributed by atoms with Gasteiger partial charge in [0, 0.05) is 19.5 Å². The van der Waals surface area contributed by atoms with E-state index in [1.165, 1.54) is 18.2 Å². The van der Waals surface area contributed by atoms with Gasteiger partial charge in [-0.2, -0.15) is 0 Å². The van der Waals surface area contributed by atoms with Crippen LogP contribution in [0.5, 0.6) is 5.75 Å². The molecule has 2 aromatic rings. The fraction of sp³-hybridized carbons (Fsp3) is 0.316. The summed E-state index contributed by atoms with van der Waals surface area (Å²) >= 11 is 0. The smallest absolute Gasteiger partial charge is 0.232 e. The molecule has 0 aliphatic carbocycles. The van der Waals surface area contributed by atoms with Crippen LogP contribution < -0.4 is 14.4 Å². The third-order valence-corrected chi connectivity index (χ3v) is 5.15. The lowest BCUT2D eigenvalue weighted by Gasteiger charge is -2.22. The summed E-state index contributed by atoms with van der Waals surface area (Å²) in [5.41, 5.74) is 0.895. The monoisotopic (exact) mass is 394 g/mol. The molecular weight excluding hydrogens is 371 g/mol. The number of anilines is 1. The zero-order valence-electron chi connectivity index (χ0n) is 15.3. The number of para-hydroxylation sites is 2. The maximum Gasteiger partial charge on any atom is 0.232 e. The molecule has 27 heavy (non-hydrogen) atoms. The number of methoxy groups -OCH3 is 1. The number of carbonyl (C=O) groups excluding carboxylic acids is 1. The SMILES string of the molecule is COc1ccccc1CCNC(=O)CCN(c1ccccc1F)S(C)(=O)=O. The van der Waals surface area contributed by atoms with Gasteiger partial charge < -0.3 is 10.1 Å². The summed E-state index contributed by atoms with van der Waals surface area (Å²) in [4.78, 5) is 12.1. The Kier molecular flexibility index (Phi) is 7.18. The molecule has 6 nitrogen and oxygen atoms in total. The maximum atomic E-state index is 13.9. The fourth-order valence-electron chi connectivity index (χ4n) is 2.66. The van der Waals surface area contributed by atoms with E-state index in [2.05, 4.69) is 5.32 Å². The molecule has 0 spiro atoms. The van der Waals surface area contributed by atoms with Gasteiger partial charge in [-0.05, 0) is 30.2 Å². The van der Waals surface area contributed by atoms with Gasteiger partial charge in [-0.15, -0.1) is 0 Å². The van der Waals surface area contributed by atoms with Crippen LogP contribution in [0.3, 0.4) is 0 Å². The van der Waals surface area contributed by atoms with Gasteiger partial charge in [-0.1, -0.05) is 30.3 Å². The van der Waals surface area contributed by atoms with Crippen molar-refractivity contribution in [3.8, 4) is 5.75 Å². The lowest BCUT2D eigenvalue weighted by molar-refractivity contribution is -0.120. The maximum absolute atomic E-state index is 13.9. The summed E-state index contributed by atoms with van der Waals surface area (Å²) in [5.74, 6) is -0.219. The number of carbonyl (C=O) groups is 1. The first-order valence-corrected chi connectivity index (χ1v) is 10.3. The molecule has 0 aliphatic heterocycles. The van der Waals surface area contributed by atoms with Gasteiger partial charge in [0.25, 0.3) is 0 Å². The lowest BCUT2D eigenvalue weighted by atomic mass is 10.1. The zero-order chi connectivity index (χ0) is 19.9. The van der Waals surface area contributed by atoms with E-state index in [1.54, 1.807) is 13.2 Å². The molecule has 0 bridgehead atoms. The fourth-order valence-corrected chi connectivity index (χ4v) is 3.58. The molecule has 2 aromatic carbocycles. The van der Waals surface area contributed by atoms with Crippen LogP contribution in [-0.4, -0.2) is 40.8 Å². The summed E-state index contributed by atoms with van der Waals surface area (Å²) < 4.78 is 44.1. The Hall–Kier alpha value is -2.61.